The molecule has 0 amide bonds. The van der Waals surface area contributed by atoms with Crippen LogP contribution in [0.3, 0.4) is 0 Å². The van der Waals surface area contributed by atoms with Gasteiger partial charge in [0.05, 0.1) is 5.52 Å². The maximum atomic E-state index is 5.98. The number of hydrazone groups is 1. The molecule has 3 heterocycles. The molecular weight excluding hydrogens is 294 g/mol. The number of aromatic nitrogens is 1. The molecule has 2 aliphatic heterocycles. The minimum absolute atomic E-state index is 0.129. The van der Waals surface area contributed by atoms with E-state index < -0.39 is 0 Å². The van der Waals surface area contributed by atoms with E-state index in [0.717, 1.165) is 36.6 Å². The molecule has 1 aromatic heterocycles. The van der Waals surface area contributed by atoms with Crippen LogP contribution in [0.4, 0.5) is 0 Å². The lowest BCUT2D eigenvalue weighted by atomic mass is 10.1. The van der Waals surface area contributed by atoms with Crippen molar-refractivity contribution in [1.29, 1.82) is 0 Å². The molecule has 1 unspecified atom stereocenters. The SMILES string of the molecule is NC1CCN(C2=NNC(c3cccc4cccnc34)S2)CC1. The van der Waals surface area contributed by atoms with Crippen LogP contribution in [-0.4, -0.2) is 34.2 Å². The van der Waals surface area contributed by atoms with Crippen molar-refractivity contribution in [3.8, 4) is 0 Å². The van der Waals surface area contributed by atoms with Gasteiger partial charge in [0.1, 0.15) is 5.37 Å². The smallest absolute Gasteiger partial charge is 0.185 e. The Bertz CT molecular complexity index is 703. The number of likely N-dealkylation sites (tertiary alicyclic amines) is 1. The van der Waals surface area contributed by atoms with Gasteiger partial charge in [0.15, 0.2) is 5.17 Å². The zero-order valence-corrected chi connectivity index (χ0v) is 13.1. The first-order chi connectivity index (χ1) is 10.8. The first-order valence-corrected chi connectivity index (χ1v) is 8.53. The number of nitrogens with two attached hydrogens (primary N) is 1. The van der Waals surface area contributed by atoms with Crippen molar-refractivity contribution in [2.45, 2.75) is 24.3 Å². The maximum absolute atomic E-state index is 5.98. The van der Waals surface area contributed by atoms with Crippen molar-refractivity contribution in [1.82, 2.24) is 15.3 Å². The average molecular weight is 313 g/mol. The van der Waals surface area contributed by atoms with Crippen LogP contribution in [0.1, 0.15) is 23.8 Å². The summed E-state index contributed by atoms with van der Waals surface area (Å²) in [7, 11) is 0. The van der Waals surface area contributed by atoms with Gasteiger partial charge >= 0.3 is 0 Å². The Balaban J connectivity index is 1.54. The van der Waals surface area contributed by atoms with E-state index in [0.29, 0.717) is 6.04 Å². The second-order valence-corrected chi connectivity index (χ2v) is 6.84. The van der Waals surface area contributed by atoms with Crippen molar-refractivity contribution in [3.05, 3.63) is 42.1 Å². The number of hydrogen-bond acceptors (Lipinski definition) is 6. The van der Waals surface area contributed by atoms with Crippen molar-refractivity contribution >= 4 is 27.8 Å². The van der Waals surface area contributed by atoms with E-state index in [9.17, 15) is 0 Å². The molecule has 0 bridgehead atoms. The van der Waals surface area contributed by atoms with E-state index in [1.807, 2.05) is 12.3 Å². The summed E-state index contributed by atoms with van der Waals surface area (Å²) in [6.45, 7) is 1.99. The lowest BCUT2D eigenvalue weighted by Crippen LogP contribution is -2.41. The minimum atomic E-state index is 0.129. The van der Waals surface area contributed by atoms with Crippen molar-refractivity contribution < 1.29 is 0 Å². The van der Waals surface area contributed by atoms with Crippen LogP contribution < -0.4 is 11.2 Å². The number of para-hydroxylation sites is 1. The van der Waals surface area contributed by atoms with Crippen LogP contribution in [-0.2, 0) is 0 Å². The highest BCUT2D eigenvalue weighted by Crippen LogP contribution is 2.36. The molecule has 22 heavy (non-hydrogen) atoms. The fraction of sp³-hybridized carbons (Fsp3) is 0.375. The van der Waals surface area contributed by atoms with Gasteiger partial charge in [-0.1, -0.05) is 36.0 Å². The molecule has 1 atom stereocenters. The summed E-state index contributed by atoms with van der Waals surface area (Å²) in [6, 6.07) is 10.7. The first-order valence-electron chi connectivity index (χ1n) is 7.65. The molecule has 114 valence electrons. The first kappa shape index (κ1) is 13.8. The summed E-state index contributed by atoms with van der Waals surface area (Å²) in [6.07, 6.45) is 3.93. The van der Waals surface area contributed by atoms with E-state index in [-0.39, 0.29) is 5.37 Å². The van der Waals surface area contributed by atoms with Crippen LogP contribution in [0.25, 0.3) is 10.9 Å². The number of thioether (sulfide) groups is 1. The third-order valence-electron chi connectivity index (χ3n) is 4.26. The molecule has 0 aliphatic carbocycles. The number of amidine groups is 1. The molecule has 1 aromatic carbocycles. The monoisotopic (exact) mass is 313 g/mol. The topological polar surface area (TPSA) is 66.5 Å². The van der Waals surface area contributed by atoms with Gasteiger partial charge in [-0.3, -0.25) is 10.4 Å². The highest BCUT2D eigenvalue weighted by Gasteiger charge is 2.28. The third kappa shape index (κ3) is 2.53. The molecule has 0 spiro atoms. The van der Waals surface area contributed by atoms with E-state index in [1.54, 1.807) is 11.8 Å². The zero-order valence-electron chi connectivity index (χ0n) is 12.3. The quantitative estimate of drug-likeness (QED) is 0.845. The number of pyridine rings is 1. The van der Waals surface area contributed by atoms with Crippen molar-refractivity contribution in [2.24, 2.45) is 10.8 Å². The Labute approximate surface area is 134 Å². The standard InChI is InChI=1S/C16H19N5S/c17-12-6-9-21(10-7-12)16-20-19-15(22-16)13-5-1-3-11-4-2-8-18-14(11)13/h1-5,8,12,15,19H,6-7,9-10,17H2. The molecule has 2 aromatic rings. The van der Waals surface area contributed by atoms with Gasteiger partial charge in [0.2, 0.25) is 0 Å². The second-order valence-electron chi connectivity index (χ2n) is 5.77. The van der Waals surface area contributed by atoms with E-state index in [1.165, 1.54) is 10.9 Å². The number of hydrogen-bond donors (Lipinski definition) is 2. The van der Waals surface area contributed by atoms with Crippen LogP contribution in [0.5, 0.6) is 0 Å². The summed E-state index contributed by atoms with van der Waals surface area (Å²) < 4.78 is 0. The fourth-order valence-electron chi connectivity index (χ4n) is 2.98. The predicted molar refractivity (Wildman–Crippen MR) is 91.4 cm³/mol. The molecule has 6 heteroatoms. The Morgan fingerprint density at radius 1 is 1.18 bits per heavy atom. The number of nitrogens with zero attached hydrogens (tertiary/aromatic N) is 3. The normalized spacial score (nSPS) is 22.7. The number of benzene rings is 1. The van der Waals surface area contributed by atoms with Gasteiger partial charge in [-0.15, -0.1) is 0 Å². The summed E-state index contributed by atoms with van der Waals surface area (Å²) in [4.78, 5) is 6.87. The fourth-order valence-corrected chi connectivity index (χ4v) is 4.05. The van der Waals surface area contributed by atoms with Gasteiger partial charge in [-0.05, 0) is 18.9 Å². The van der Waals surface area contributed by atoms with Crippen molar-refractivity contribution in [2.75, 3.05) is 13.1 Å². The van der Waals surface area contributed by atoms with E-state index >= 15 is 0 Å². The Hall–Kier alpha value is -1.79. The van der Waals surface area contributed by atoms with Gasteiger partial charge in [-0.25, -0.2) is 0 Å². The molecule has 5 nitrogen and oxygen atoms in total. The third-order valence-corrected chi connectivity index (χ3v) is 5.41. The van der Waals surface area contributed by atoms with Crippen LogP contribution >= 0.6 is 11.8 Å². The Morgan fingerprint density at radius 3 is 2.86 bits per heavy atom. The highest BCUT2D eigenvalue weighted by molar-refractivity contribution is 8.14. The predicted octanol–water partition coefficient (Wildman–Crippen LogP) is 2.26. The van der Waals surface area contributed by atoms with Gasteiger partial charge in [0, 0.05) is 36.3 Å². The van der Waals surface area contributed by atoms with Gasteiger partial charge in [-0.2, -0.15) is 5.10 Å². The lowest BCUT2D eigenvalue weighted by molar-refractivity contribution is 0.317. The number of rotatable bonds is 1. The van der Waals surface area contributed by atoms with Crippen molar-refractivity contribution in [3.63, 3.8) is 0 Å². The molecule has 4 rings (SSSR count). The molecule has 0 radical (unpaired) electrons. The maximum Gasteiger partial charge on any atom is 0.185 e. The molecule has 1 fully saturated rings. The van der Waals surface area contributed by atoms with Crippen LogP contribution in [0.15, 0.2) is 41.6 Å². The molecular formula is C16H19N5S. The second kappa shape index (κ2) is 5.78. The summed E-state index contributed by atoms with van der Waals surface area (Å²) in [5.41, 5.74) is 11.5. The number of nitrogens with one attached hydrogen (secondary N) is 1. The summed E-state index contributed by atoms with van der Waals surface area (Å²) in [5, 5.41) is 6.91. The zero-order chi connectivity index (χ0) is 14.9. The Kier molecular flexibility index (Phi) is 3.63. The van der Waals surface area contributed by atoms with Crippen LogP contribution in [0, 0.1) is 0 Å². The molecule has 3 N–H and O–H groups in total. The van der Waals surface area contributed by atoms with Gasteiger partial charge in [0.25, 0.3) is 0 Å². The highest BCUT2D eigenvalue weighted by atomic mass is 32.2. The van der Waals surface area contributed by atoms with E-state index in [2.05, 4.69) is 44.7 Å². The Morgan fingerprint density at radius 2 is 2.00 bits per heavy atom. The summed E-state index contributed by atoms with van der Waals surface area (Å²) >= 11 is 1.77. The van der Waals surface area contributed by atoms with Crippen LogP contribution in [0.2, 0.25) is 0 Å². The largest absolute Gasteiger partial charge is 0.350 e. The number of piperidine rings is 1. The lowest BCUT2D eigenvalue weighted by Gasteiger charge is -2.30. The molecule has 0 saturated carbocycles. The average Bonchev–Trinajstić information content (AvgIpc) is 3.05. The summed E-state index contributed by atoms with van der Waals surface area (Å²) in [5.74, 6) is 0. The minimum Gasteiger partial charge on any atom is -0.350 e. The number of fused-ring (bicyclic) bond motifs is 1. The van der Waals surface area contributed by atoms with Gasteiger partial charge < -0.3 is 10.6 Å². The molecule has 2 aliphatic rings. The molecule has 1 saturated heterocycles. The van der Waals surface area contributed by atoms with E-state index in [4.69, 9.17) is 5.73 Å².